The molecule has 2 heterocycles. The highest BCUT2D eigenvalue weighted by Crippen LogP contribution is 2.39. The fraction of sp³-hybridized carbons (Fsp3) is 0.615. The van der Waals surface area contributed by atoms with Crippen molar-refractivity contribution in [3.05, 3.63) is 18.2 Å². The fourth-order valence-corrected chi connectivity index (χ4v) is 2.76. The van der Waals surface area contributed by atoms with Gasteiger partial charge in [-0.1, -0.05) is 0 Å². The second-order valence-corrected chi connectivity index (χ2v) is 5.15. The van der Waals surface area contributed by atoms with Crippen LogP contribution in [0.3, 0.4) is 0 Å². The van der Waals surface area contributed by atoms with E-state index in [4.69, 9.17) is 4.74 Å². The van der Waals surface area contributed by atoms with Crippen molar-refractivity contribution in [2.45, 2.75) is 44.5 Å². The molecule has 2 unspecified atom stereocenters. The Morgan fingerprint density at radius 2 is 2.30 bits per heavy atom. The summed E-state index contributed by atoms with van der Waals surface area (Å²) in [6.07, 6.45) is 4.10. The minimum absolute atomic E-state index is 0.137. The molecule has 1 aliphatic carbocycles. The second kappa shape index (κ2) is 4.90. The van der Waals surface area contributed by atoms with E-state index in [-0.39, 0.29) is 18.6 Å². The molecule has 1 N–H and O–H groups in total. The molecule has 0 bridgehead atoms. The molecule has 7 nitrogen and oxygen atoms in total. The van der Waals surface area contributed by atoms with Gasteiger partial charge < -0.3 is 19.3 Å². The maximum absolute atomic E-state index is 12.1. The molecule has 2 atom stereocenters. The number of carbonyl (C=O) groups excluding carboxylic acids is 1. The number of carbonyl (C=O) groups is 2. The number of carboxylic acids is 1. The lowest BCUT2D eigenvalue weighted by molar-refractivity contribution is -0.174. The van der Waals surface area contributed by atoms with Crippen LogP contribution < -0.4 is 0 Å². The van der Waals surface area contributed by atoms with Crippen LogP contribution in [0, 0.1) is 0 Å². The zero-order chi connectivity index (χ0) is 14.3. The second-order valence-electron chi connectivity index (χ2n) is 5.15. The highest BCUT2D eigenvalue weighted by molar-refractivity contribution is 5.83. The average Bonchev–Trinajstić information content (AvgIpc) is 3.14. The Balaban J connectivity index is 2.02. The zero-order valence-corrected chi connectivity index (χ0v) is 11.2. The van der Waals surface area contributed by atoms with Crippen molar-refractivity contribution in [3.8, 4) is 0 Å². The summed E-state index contributed by atoms with van der Waals surface area (Å²) in [4.78, 5) is 29.4. The number of rotatable bonds is 4. The number of hydrogen-bond donors (Lipinski definition) is 1. The first kappa shape index (κ1) is 13.1. The van der Waals surface area contributed by atoms with Crippen LogP contribution in [0.25, 0.3) is 0 Å². The Morgan fingerprint density at radius 3 is 2.90 bits per heavy atom. The molecule has 1 aromatic heterocycles. The summed E-state index contributed by atoms with van der Waals surface area (Å²) in [5, 5.41) is 9.38. The molecule has 0 aromatic carbocycles. The first-order chi connectivity index (χ1) is 9.63. The minimum Gasteiger partial charge on any atom is -0.479 e. The Labute approximate surface area is 116 Å². The molecule has 7 heteroatoms. The van der Waals surface area contributed by atoms with E-state index in [1.54, 1.807) is 17.4 Å². The van der Waals surface area contributed by atoms with Crippen molar-refractivity contribution in [3.63, 3.8) is 0 Å². The van der Waals surface area contributed by atoms with Crippen LogP contribution in [0.2, 0.25) is 0 Å². The van der Waals surface area contributed by atoms with E-state index in [2.05, 4.69) is 4.98 Å². The summed E-state index contributed by atoms with van der Waals surface area (Å²) >= 11 is 0. The maximum Gasteiger partial charge on any atom is 0.335 e. The van der Waals surface area contributed by atoms with E-state index in [0.717, 1.165) is 18.5 Å². The molecule has 2 aliphatic rings. The summed E-state index contributed by atoms with van der Waals surface area (Å²) in [7, 11) is 0. The molecule has 2 fully saturated rings. The summed E-state index contributed by atoms with van der Waals surface area (Å²) in [6, 6.07) is -0.456. The molecule has 20 heavy (non-hydrogen) atoms. The van der Waals surface area contributed by atoms with E-state index in [1.165, 1.54) is 0 Å². The van der Waals surface area contributed by atoms with Crippen LogP contribution in [0.1, 0.15) is 31.5 Å². The van der Waals surface area contributed by atoms with E-state index in [0.29, 0.717) is 6.54 Å². The van der Waals surface area contributed by atoms with Gasteiger partial charge in [0.05, 0.1) is 18.2 Å². The summed E-state index contributed by atoms with van der Waals surface area (Å²) in [5.74, 6) is -1.18. The Hall–Kier alpha value is -1.89. The number of ether oxygens (including phenoxy) is 1. The summed E-state index contributed by atoms with van der Waals surface area (Å²) in [6.45, 7) is 2.46. The van der Waals surface area contributed by atoms with Gasteiger partial charge in [0.1, 0.15) is 12.6 Å². The number of morpholine rings is 1. The molecule has 0 spiro atoms. The van der Waals surface area contributed by atoms with Crippen molar-refractivity contribution in [2.24, 2.45) is 0 Å². The van der Waals surface area contributed by atoms with Crippen LogP contribution in [-0.2, 0) is 20.9 Å². The Morgan fingerprint density at radius 1 is 1.55 bits per heavy atom. The fourth-order valence-electron chi connectivity index (χ4n) is 2.76. The van der Waals surface area contributed by atoms with Gasteiger partial charge in [-0.3, -0.25) is 4.79 Å². The standard InChI is InChI=1S/C13H17N3O4/c1-2-15-7-14-5-9(15)11-12(13(18)19)20-6-10(17)16(11)8-3-4-8/h5,7-8,11-12H,2-4,6H2,1H3,(H,18,19). The minimum atomic E-state index is -1.04. The summed E-state index contributed by atoms with van der Waals surface area (Å²) in [5.41, 5.74) is 0.722. The van der Waals surface area contributed by atoms with E-state index >= 15 is 0 Å². The van der Waals surface area contributed by atoms with Gasteiger partial charge in [0.25, 0.3) is 0 Å². The molecule has 0 radical (unpaired) electrons. The zero-order valence-electron chi connectivity index (χ0n) is 11.2. The highest BCUT2D eigenvalue weighted by Gasteiger charge is 2.48. The van der Waals surface area contributed by atoms with Gasteiger partial charge in [-0.2, -0.15) is 0 Å². The lowest BCUT2D eigenvalue weighted by Crippen LogP contribution is -2.53. The van der Waals surface area contributed by atoms with E-state index in [9.17, 15) is 14.7 Å². The molecule has 1 saturated heterocycles. The van der Waals surface area contributed by atoms with Crippen LogP contribution in [0.5, 0.6) is 0 Å². The van der Waals surface area contributed by atoms with Gasteiger partial charge in [-0.15, -0.1) is 0 Å². The molecule has 108 valence electrons. The predicted molar refractivity (Wildman–Crippen MR) is 67.9 cm³/mol. The lowest BCUT2D eigenvalue weighted by atomic mass is 10.0. The normalized spacial score (nSPS) is 26.9. The molecule has 1 saturated carbocycles. The third kappa shape index (κ3) is 2.07. The maximum atomic E-state index is 12.1. The van der Waals surface area contributed by atoms with Crippen LogP contribution in [0.15, 0.2) is 12.5 Å². The van der Waals surface area contributed by atoms with Crippen LogP contribution in [0.4, 0.5) is 0 Å². The number of aromatic nitrogens is 2. The van der Waals surface area contributed by atoms with Gasteiger partial charge in [-0.25, -0.2) is 9.78 Å². The van der Waals surface area contributed by atoms with Gasteiger partial charge in [0.2, 0.25) is 5.91 Å². The smallest absolute Gasteiger partial charge is 0.335 e. The van der Waals surface area contributed by atoms with Gasteiger partial charge in [-0.05, 0) is 19.8 Å². The van der Waals surface area contributed by atoms with Gasteiger partial charge in [0.15, 0.2) is 6.10 Å². The predicted octanol–water partition coefficient (Wildman–Crippen LogP) is 0.418. The third-order valence-corrected chi connectivity index (χ3v) is 3.83. The first-order valence-electron chi connectivity index (χ1n) is 6.79. The molecular weight excluding hydrogens is 262 g/mol. The van der Waals surface area contributed by atoms with Crippen LogP contribution in [-0.4, -0.2) is 50.2 Å². The number of aliphatic carboxylic acids is 1. The Kier molecular flexibility index (Phi) is 3.21. The van der Waals surface area contributed by atoms with Crippen LogP contribution >= 0.6 is 0 Å². The van der Waals surface area contributed by atoms with Crippen molar-refractivity contribution in [2.75, 3.05) is 6.61 Å². The summed E-state index contributed by atoms with van der Waals surface area (Å²) < 4.78 is 7.12. The van der Waals surface area contributed by atoms with E-state index < -0.39 is 18.1 Å². The lowest BCUT2D eigenvalue weighted by Gasteiger charge is -2.39. The van der Waals surface area contributed by atoms with Crippen molar-refractivity contribution < 1.29 is 19.4 Å². The van der Waals surface area contributed by atoms with E-state index in [1.807, 2.05) is 11.5 Å². The van der Waals surface area contributed by atoms with Gasteiger partial charge >= 0.3 is 5.97 Å². The highest BCUT2D eigenvalue weighted by atomic mass is 16.5. The van der Waals surface area contributed by atoms with Gasteiger partial charge in [0, 0.05) is 12.6 Å². The molecule has 3 rings (SSSR count). The number of carboxylic acid groups (broad SMARTS) is 1. The Bertz CT molecular complexity index is 537. The SMILES string of the molecule is CCn1cncc1C1C(C(=O)O)OCC(=O)N1C1CC1. The molecule has 1 amide bonds. The quantitative estimate of drug-likeness (QED) is 0.863. The largest absolute Gasteiger partial charge is 0.479 e. The average molecular weight is 279 g/mol. The number of nitrogens with zero attached hydrogens (tertiary/aromatic N) is 3. The molecular formula is C13H17N3O4. The number of hydrogen-bond acceptors (Lipinski definition) is 4. The first-order valence-corrected chi connectivity index (χ1v) is 6.79. The van der Waals surface area contributed by atoms with Crippen molar-refractivity contribution >= 4 is 11.9 Å². The number of imidazole rings is 1. The number of amides is 1. The topological polar surface area (TPSA) is 84.7 Å². The number of aryl methyl sites for hydroxylation is 1. The molecule has 1 aromatic rings. The van der Waals surface area contributed by atoms with Crippen molar-refractivity contribution in [1.82, 2.24) is 14.5 Å². The van der Waals surface area contributed by atoms with Crippen molar-refractivity contribution in [1.29, 1.82) is 0 Å². The molecule has 1 aliphatic heterocycles. The monoisotopic (exact) mass is 279 g/mol. The third-order valence-electron chi connectivity index (χ3n) is 3.83.